The molecule has 3 atom stereocenters. The van der Waals surface area contributed by atoms with Gasteiger partial charge in [0.2, 0.25) is 0 Å². The summed E-state index contributed by atoms with van der Waals surface area (Å²) in [5.41, 5.74) is -0.239. The van der Waals surface area contributed by atoms with Crippen LogP contribution in [0.25, 0.3) is 0 Å². The van der Waals surface area contributed by atoms with E-state index in [9.17, 15) is 10.2 Å². The lowest BCUT2D eigenvalue weighted by atomic mass is 9.63. The van der Waals surface area contributed by atoms with Crippen molar-refractivity contribution in [1.82, 2.24) is 0 Å². The Kier molecular flexibility index (Phi) is 5.46. The second-order valence-corrected chi connectivity index (χ2v) is 6.74. The van der Waals surface area contributed by atoms with E-state index >= 15 is 0 Å². The minimum Gasteiger partial charge on any atom is -0.392 e. The molecule has 0 aliphatic heterocycles. The third kappa shape index (κ3) is 3.69. The Labute approximate surface area is 106 Å². The summed E-state index contributed by atoms with van der Waals surface area (Å²) in [6.45, 7) is 8.65. The van der Waals surface area contributed by atoms with Gasteiger partial charge in [-0.2, -0.15) is 0 Å². The molecule has 0 bridgehead atoms. The van der Waals surface area contributed by atoms with Crippen LogP contribution in [0.4, 0.5) is 0 Å². The Morgan fingerprint density at radius 2 is 1.76 bits per heavy atom. The fourth-order valence-corrected chi connectivity index (χ4v) is 3.45. The van der Waals surface area contributed by atoms with Gasteiger partial charge in [0.15, 0.2) is 0 Å². The van der Waals surface area contributed by atoms with Crippen molar-refractivity contribution in [2.24, 2.45) is 17.3 Å². The normalized spacial score (nSPS) is 32.1. The van der Waals surface area contributed by atoms with E-state index in [1.165, 1.54) is 0 Å². The summed E-state index contributed by atoms with van der Waals surface area (Å²) in [5, 5.41) is 20.9. The summed E-state index contributed by atoms with van der Waals surface area (Å²) in [7, 11) is 0. The van der Waals surface area contributed by atoms with E-state index in [1.807, 2.05) is 0 Å². The summed E-state index contributed by atoms with van der Waals surface area (Å²) in [6.07, 6.45) is 5.20. The van der Waals surface area contributed by atoms with Crippen LogP contribution in [0.2, 0.25) is 0 Å². The predicted octanol–water partition coefficient (Wildman–Crippen LogP) is 3.36. The van der Waals surface area contributed by atoms with Gasteiger partial charge in [0, 0.05) is 5.41 Å². The molecule has 1 unspecified atom stereocenters. The molecule has 0 spiro atoms. The van der Waals surface area contributed by atoms with Crippen molar-refractivity contribution in [3.05, 3.63) is 0 Å². The van der Waals surface area contributed by atoms with E-state index in [0.29, 0.717) is 11.8 Å². The first kappa shape index (κ1) is 15.0. The van der Waals surface area contributed by atoms with Crippen LogP contribution in [0.15, 0.2) is 0 Å². The van der Waals surface area contributed by atoms with Gasteiger partial charge in [0.05, 0.1) is 12.2 Å². The fourth-order valence-electron chi connectivity index (χ4n) is 3.45. The predicted molar refractivity (Wildman–Crippen MR) is 71.8 cm³/mol. The first-order valence-electron chi connectivity index (χ1n) is 7.24. The first-order chi connectivity index (χ1) is 7.88. The van der Waals surface area contributed by atoms with Gasteiger partial charge in [-0.25, -0.2) is 0 Å². The molecule has 0 saturated heterocycles. The number of rotatable bonds is 5. The zero-order valence-electron chi connectivity index (χ0n) is 11.9. The maximum atomic E-state index is 10.6. The van der Waals surface area contributed by atoms with Crippen molar-refractivity contribution >= 4 is 0 Å². The van der Waals surface area contributed by atoms with Gasteiger partial charge in [-0.05, 0) is 37.5 Å². The van der Waals surface area contributed by atoms with Crippen LogP contribution in [0.1, 0.15) is 66.2 Å². The molecule has 0 aromatic carbocycles. The summed E-state index contributed by atoms with van der Waals surface area (Å²) in [5.74, 6) is 1.02. The lowest BCUT2D eigenvalue weighted by molar-refractivity contribution is -0.111. The number of aliphatic hydroxyl groups excluding tert-OH is 2. The fraction of sp³-hybridized carbons (Fsp3) is 1.00. The van der Waals surface area contributed by atoms with Crippen molar-refractivity contribution in [2.75, 3.05) is 0 Å². The summed E-state index contributed by atoms with van der Waals surface area (Å²) in [4.78, 5) is 0. The highest BCUT2D eigenvalue weighted by Gasteiger charge is 2.45. The lowest BCUT2D eigenvalue weighted by Gasteiger charge is -2.46. The van der Waals surface area contributed by atoms with Gasteiger partial charge in [-0.1, -0.05) is 40.5 Å². The van der Waals surface area contributed by atoms with E-state index in [1.54, 1.807) is 0 Å². The Balaban J connectivity index is 2.83. The van der Waals surface area contributed by atoms with Gasteiger partial charge in [0.1, 0.15) is 0 Å². The van der Waals surface area contributed by atoms with Crippen molar-refractivity contribution in [3.8, 4) is 0 Å². The molecule has 0 heterocycles. The molecule has 17 heavy (non-hydrogen) atoms. The van der Waals surface area contributed by atoms with Crippen LogP contribution < -0.4 is 0 Å². The highest BCUT2D eigenvalue weighted by atomic mass is 16.3. The molecule has 0 radical (unpaired) electrons. The van der Waals surface area contributed by atoms with Crippen molar-refractivity contribution in [2.45, 2.75) is 78.4 Å². The van der Waals surface area contributed by atoms with E-state index in [0.717, 1.165) is 38.5 Å². The molecule has 0 amide bonds. The Morgan fingerprint density at radius 3 is 2.24 bits per heavy atom. The average Bonchev–Trinajstić information content (AvgIpc) is 2.19. The Hall–Kier alpha value is -0.0800. The molecule has 2 nitrogen and oxygen atoms in total. The molecule has 1 fully saturated rings. The SMILES string of the molecule is CC(C)CC(O)[C@@]1(CC(C)C)CCCC[C@H]1O. The third-order valence-corrected chi connectivity index (χ3v) is 4.18. The highest BCUT2D eigenvalue weighted by molar-refractivity contribution is 4.96. The maximum Gasteiger partial charge on any atom is 0.0623 e. The third-order valence-electron chi connectivity index (χ3n) is 4.18. The molecule has 102 valence electrons. The van der Waals surface area contributed by atoms with Crippen molar-refractivity contribution in [1.29, 1.82) is 0 Å². The van der Waals surface area contributed by atoms with Gasteiger partial charge < -0.3 is 10.2 Å². The second kappa shape index (κ2) is 6.19. The van der Waals surface area contributed by atoms with Crippen LogP contribution in [-0.4, -0.2) is 22.4 Å². The standard InChI is InChI=1S/C15H30O2/c1-11(2)9-14(17)15(10-12(3)4)8-6-5-7-13(15)16/h11-14,16-17H,5-10H2,1-4H3/t13-,14?,15-/m1/s1. The van der Waals surface area contributed by atoms with Crippen LogP contribution in [0.5, 0.6) is 0 Å². The molecular weight excluding hydrogens is 212 g/mol. The number of hydrogen-bond acceptors (Lipinski definition) is 2. The maximum absolute atomic E-state index is 10.6. The average molecular weight is 242 g/mol. The zero-order valence-corrected chi connectivity index (χ0v) is 11.9. The van der Waals surface area contributed by atoms with E-state index < -0.39 is 0 Å². The molecule has 1 saturated carbocycles. The molecule has 2 heteroatoms. The van der Waals surface area contributed by atoms with Gasteiger partial charge in [-0.3, -0.25) is 0 Å². The van der Waals surface area contributed by atoms with Gasteiger partial charge in [-0.15, -0.1) is 0 Å². The van der Waals surface area contributed by atoms with E-state index in [2.05, 4.69) is 27.7 Å². The quantitative estimate of drug-likeness (QED) is 0.776. The number of hydrogen-bond donors (Lipinski definition) is 2. The monoisotopic (exact) mass is 242 g/mol. The largest absolute Gasteiger partial charge is 0.392 e. The minimum absolute atomic E-state index is 0.239. The van der Waals surface area contributed by atoms with Crippen LogP contribution in [0.3, 0.4) is 0 Å². The topological polar surface area (TPSA) is 40.5 Å². The van der Waals surface area contributed by atoms with Crippen LogP contribution in [-0.2, 0) is 0 Å². The van der Waals surface area contributed by atoms with E-state index in [-0.39, 0.29) is 17.6 Å². The summed E-state index contributed by atoms with van der Waals surface area (Å²) < 4.78 is 0. The minimum atomic E-state index is -0.347. The highest BCUT2D eigenvalue weighted by Crippen LogP contribution is 2.46. The van der Waals surface area contributed by atoms with Gasteiger partial charge >= 0.3 is 0 Å². The Bertz CT molecular complexity index is 225. The van der Waals surface area contributed by atoms with Crippen molar-refractivity contribution in [3.63, 3.8) is 0 Å². The first-order valence-corrected chi connectivity index (χ1v) is 7.24. The van der Waals surface area contributed by atoms with E-state index in [4.69, 9.17) is 0 Å². The molecular formula is C15H30O2. The molecule has 0 aromatic heterocycles. The van der Waals surface area contributed by atoms with Crippen LogP contribution in [0, 0.1) is 17.3 Å². The van der Waals surface area contributed by atoms with Crippen molar-refractivity contribution < 1.29 is 10.2 Å². The Morgan fingerprint density at radius 1 is 1.12 bits per heavy atom. The molecule has 0 aromatic rings. The van der Waals surface area contributed by atoms with Crippen LogP contribution >= 0.6 is 0 Å². The zero-order chi connectivity index (χ0) is 13.1. The summed E-state index contributed by atoms with van der Waals surface area (Å²) >= 11 is 0. The molecule has 1 rings (SSSR count). The van der Waals surface area contributed by atoms with Gasteiger partial charge in [0.25, 0.3) is 0 Å². The second-order valence-electron chi connectivity index (χ2n) is 6.74. The number of aliphatic hydroxyl groups is 2. The molecule has 1 aliphatic rings. The smallest absolute Gasteiger partial charge is 0.0623 e. The molecule has 1 aliphatic carbocycles. The lowest BCUT2D eigenvalue weighted by Crippen LogP contribution is -2.48. The molecule has 2 N–H and O–H groups in total. The summed E-state index contributed by atoms with van der Waals surface area (Å²) in [6, 6.07) is 0.